The molecule has 0 aliphatic heterocycles. The van der Waals surface area contributed by atoms with Crippen LogP contribution in [0, 0.1) is 0 Å². The van der Waals surface area contributed by atoms with E-state index in [0.717, 1.165) is 11.5 Å². The summed E-state index contributed by atoms with van der Waals surface area (Å²) in [6.45, 7) is 0. The van der Waals surface area contributed by atoms with Gasteiger partial charge in [-0.25, -0.2) is 8.42 Å². The Morgan fingerprint density at radius 3 is 2.44 bits per heavy atom. The first kappa shape index (κ1) is 12.9. The van der Waals surface area contributed by atoms with Crippen LogP contribution in [0.2, 0.25) is 0 Å². The zero-order valence-electron chi connectivity index (χ0n) is 8.47. The molecule has 0 heterocycles. The molecule has 0 saturated heterocycles. The van der Waals surface area contributed by atoms with Crippen molar-refractivity contribution in [2.75, 3.05) is 11.6 Å². The van der Waals surface area contributed by atoms with Gasteiger partial charge in [-0.05, 0) is 6.08 Å². The Labute approximate surface area is 99.7 Å². The number of sulfone groups is 1. The minimum atomic E-state index is -3.37. The summed E-state index contributed by atoms with van der Waals surface area (Å²) in [5.74, 6) is -0.474. The zero-order chi connectivity index (χ0) is 12.0. The highest BCUT2D eigenvalue weighted by atomic mass is 35.5. The highest BCUT2D eigenvalue weighted by Crippen LogP contribution is 2.02. The van der Waals surface area contributed by atoms with Crippen molar-refractivity contribution in [2.45, 2.75) is 0 Å². The molecule has 16 heavy (non-hydrogen) atoms. The summed E-state index contributed by atoms with van der Waals surface area (Å²) in [5.41, 5.74) is 0.458. The van der Waals surface area contributed by atoms with Crippen molar-refractivity contribution in [3.05, 3.63) is 47.4 Å². The molecule has 0 unspecified atom stereocenters. The van der Waals surface area contributed by atoms with Crippen molar-refractivity contribution in [2.24, 2.45) is 0 Å². The molecule has 0 N–H and O–H groups in total. The van der Waals surface area contributed by atoms with Crippen molar-refractivity contribution in [3.8, 4) is 0 Å². The standard InChI is InChI=1S/C11H11ClO3S/c12-7-9-16(14,15)8-6-11(13)10-4-2-1-3-5-10/h1-6,8H,7,9H2/b8-6+. The Morgan fingerprint density at radius 1 is 1.25 bits per heavy atom. The molecule has 1 aromatic carbocycles. The van der Waals surface area contributed by atoms with Crippen LogP contribution in [0.3, 0.4) is 0 Å². The van der Waals surface area contributed by atoms with Crippen LogP contribution in [0.4, 0.5) is 0 Å². The number of carbonyl (C=O) groups excluding carboxylic acids is 1. The van der Waals surface area contributed by atoms with E-state index in [2.05, 4.69) is 0 Å². The number of hydrogen-bond acceptors (Lipinski definition) is 3. The fourth-order valence-corrected chi connectivity index (χ4v) is 2.37. The highest BCUT2D eigenvalue weighted by molar-refractivity contribution is 7.94. The van der Waals surface area contributed by atoms with Gasteiger partial charge in [0.15, 0.2) is 15.6 Å². The van der Waals surface area contributed by atoms with Gasteiger partial charge >= 0.3 is 0 Å². The van der Waals surface area contributed by atoms with E-state index in [1.54, 1.807) is 30.3 Å². The van der Waals surface area contributed by atoms with Crippen molar-refractivity contribution in [3.63, 3.8) is 0 Å². The molecule has 0 atom stereocenters. The highest BCUT2D eigenvalue weighted by Gasteiger charge is 2.06. The van der Waals surface area contributed by atoms with E-state index in [1.165, 1.54) is 0 Å². The fourth-order valence-electron chi connectivity index (χ4n) is 1.04. The Balaban J connectivity index is 2.76. The van der Waals surface area contributed by atoms with E-state index in [4.69, 9.17) is 11.6 Å². The van der Waals surface area contributed by atoms with Gasteiger partial charge in [0.2, 0.25) is 0 Å². The maximum absolute atomic E-state index is 11.5. The molecule has 86 valence electrons. The van der Waals surface area contributed by atoms with E-state index >= 15 is 0 Å². The summed E-state index contributed by atoms with van der Waals surface area (Å²) in [6.07, 6.45) is 1.05. The molecule has 0 fully saturated rings. The summed E-state index contributed by atoms with van der Waals surface area (Å²) < 4.78 is 22.5. The maximum Gasteiger partial charge on any atom is 0.186 e. The van der Waals surface area contributed by atoms with Crippen LogP contribution in [-0.2, 0) is 9.84 Å². The van der Waals surface area contributed by atoms with Gasteiger partial charge in [0, 0.05) is 16.9 Å². The molecule has 0 aliphatic carbocycles. The molecule has 0 spiro atoms. The third-order valence-corrected chi connectivity index (χ3v) is 3.58. The Morgan fingerprint density at radius 2 is 1.88 bits per heavy atom. The predicted octanol–water partition coefficient (Wildman–Crippen LogP) is 2.04. The van der Waals surface area contributed by atoms with E-state index < -0.39 is 9.84 Å². The Hall–Kier alpha value is -1.13. The van der Waals surface area contributed by atoms with Gasteiger partial charge in [-0.1, -0.05) is 30.3 Å². The molecule has 0 aliphatic rings. The van der Waals surface area contributed by atoms with E-state index in [-0.39, 0.29) is 17.4 Å². The minimum Gasteiger partial charge on any atom is -0.289 e. The SMILES string of the molecule is O=C(/C=C/S(=O)(=O)CCCl)c1ccccc1. The number of carbonyl (C=O) groups is 1. The molecule has 3 nitrogen and oxygen atoms in total. The molecular formula is C11H11ClO3S. The summed E-state index contributed by atoms with van der Waals surface area (Å²) >= 11 is 5.32. The van der Waals surface area contributed by atoms with Gasteiger partial charge in [-0.3, -0.25) is 4.79 Å². The third-order valence-electron chi connectivity index (χ3n) is 1.85. The molecule has 1 rings (SSSR count). The number of alkyl halides is 1. The first-order valence-electron chi connectivity index (χ1n) is 4.61. The molecule has 0 aromatic heterocycles. The van der Waals surface area contributed by atoms with Crippen LogP contribution < -0.4 is 0 Å². The summed E-state index contributed by atoms with van der Waals surface area (Å²) in [5, 5.41) is 0.907. The average molecular weight is 259 g/mol. The zero-order valence-corrected chi connectivity index (χ0v) is 10.0. The van der Waals surface area contributed by atoms with Crippen molar-refractivity contribution in [1.82, 2.24) is 0 Å². The summed E-state index contributed by atoms with van der Waals surface area (Å²) in [4.78, 5) is 11.5. The number of ketones is 1. The number of rotatable bonds is 5. The van der Waals surface area contributed by atoms with Crippen LogP contribution in [0.5, 0.6) is 0 Å². The lowest BCUT2D eigenvalue weighted by Gasteiger charge is -1.95. The second kappa shape index (κ2) is 5.82. The molecule has 0 bridgehead atoms. The number of hydrogen-bond donors (Lipinski definition) is 0. The van der Waals surface area contributed by atoms with E-state index in [0.29, 0.717) is 5.56 Å². The maximum atomic E-state index is 11.5. The summed E-state index contributed by atoms with van der Waals surface area (Å²) in [6, 6.07) is 8.47. The molecule has 1 aromatic rings. The van der Waals surface area contributed by atoms with Gasteiger partial charge in [-0.2, -0.15) is 0 Å². The summed E-state index contributed by atoms with van der Waals surface area (Å²) in [7, 11) is -3.37. The van der Waals surface area contributed by atoms with Crippen LogP contribution in [0.15, 0.2) is 41.8 Å². The van der Waals surface area contributed by atoms with Crippen LogP contribution in [0.25, 0.3) is 0 Å². The lowest BCUT2D eigenvalue weighted by Crippen LogP contribution is -2.04. The van der Waals surface area contributed by atoms with Gasteiger partial charge < -0.3 is 0 Å². The van der Waals surface area contributed by atoms with E-state index in [9.17, 15) is 13.2 Å². The fraction of sp³-hybridized carbons (Fsp3) is 0.182. The molecule has 0 saturated carbocycles. The van der Waals surface area contributed by atoms with Crippen molar-refractivity contribution < 1.29 is 13.2 Å². The third kappa shape index (κ3) is 4.16. The molecule has 0 amide bonds. The topological polar surface area (TPSA) is 51.2 Å². The Bertz CT molecular complexity index is 477. The van der Waals surface area contributed by atoms with Gasteiger partial charge in [0.25, 0.3) is 0 Å². The van der Waals surface area contributed by atoms with Crippen LogP contribution in [0.1, 0.15) is 10.4 Å². The molecule has 0 radical (unpaired) electrons. The van der Waals surface area contributed by atoms with Gasteiger partial charge in [-0.15, -0.1) is 11.6 Å². The lowest BCUT2D eigenvalue weighted by molar-refractivity contribution is 0.104. The first-order chi connectivity index (χ1) is 7.55. The smallest absolute Gasteiger partial charge is 0.186 e. The number of benzene rings is 1. The Kier molecular flexibility index (Phi) is 4.71. The number of allylic oxidation sites excluding steroid dienone is 1. The van der Waals surface area contributed by atoms with Crippen molar-refractivity contribution >= 4 is 27.2 Å². The molecule has 5 heteroatoms. The minimum absolute atomic E-state index is 0.0200. The molecular weight excluding hydrogens is 248 g/mol. The van der Waals surface area contributed by atoms with Gasteiger partial charge in [0.05, 0.1) is 5.75 Å². The normalized spacial score (nSPS) is 11.8. The van der Waals surface area contributed by atoms with Crippen molar-refractivity contribution in [1.29, 1.82) is 0 Å². The largest absolute Gasteiger partial charge is 0.289 e. The number of halogens is 1. The van der Waals surface area contributed by atoms with E-state index in [1.807, 2.05) is 0 Å². The first-order valence-corrected chi connectivity index (χ1v) is 6.86. The average Bonchev–Trinajstić information content (AvgIpc) is 2.27. The second-order valence-corrected chi connectivity index (χ2v) is 5.47. The van der Waals surface area contributed by atoms with Gasteiger partial charge in [0.1, 0.15) is 0 Å². The van der Waals surface area contributed by atoms with Crippen LogP contribution >= 0.6 is 11.6 Å². The lowest BCUT2D eigenvalue weighted by atomic mass is 10.1. The quantitative estimate of drug-likeness (QED) is 0.461. The predicted molar refractivity (Wildman–Crippen MR) is 64.4 cm³/mol. The van der Waals surface area contributed by atoms with Crippen LogP contribution in [-0.4, -0.2) is 25.8 Å². The second-order valence-electron chi connectivity index (χ2n) is 3.09. The monoisotopic (exact) mass is 258 g/mol.